The molecule has 0 unspecified atom stereocenters. The van der Waals surface area contributed by atoms with Crippen molar-refractivity contribution in [3.8, 4) is 11.1 Å². The predicted octanol–water partition coefficient (Wildman–Crippen LogP) is 16.1. The Morgan fingerprint density at radius 3 is 1.70 bits per heavy atom. The molecule has 0 saturated heterocycles. The van der Waals surface area contributed by atoms with Gasteiger partial charge < -0.3 is 9.80 Å². The van der Waals surface area contributed by atoms with E-state index in [-0.39, 0.29) is 23.0 Å². The van der Waals surface area contributed by atoms with E-state index in [0.29, 0.717) is 5.92 Å². The Bertz CT molecular complexity index is 3160. The van der Waals surface area contributed by atoms with Crippen molar-refractivity contribution in [1.29, 1.82) is 0 Å². The summed E-state index contributed by atoms with van der Waals surface area (Å²) in [5.74, 6) is 0.327. The van der Waals surface area contributed by atoms with Crippen molar-refractivity contribution in [2.45, 2.75) is 126 Å². The van der Waals surface area contributed by atoms with E-state index >= 15 is 0 Å². The number of hydrogen-bond donors (Lipinski definition) is 0. The topological polar surface area (TPSA) is 6.48 Å². The van der Waals surface area contributed by atoms with Crippen molar-refractivity contribution < 1.29 is 0 Å². The fraction of sp³-hybridized carbons (Fsp3) is 0.322. The first kappa shape index (κ1) is 42.8. The molecule has 0 N–H and O–H groups in total. The average molecular weight is 875 g/mol. The summed E-state index contributed by atoms with van der Waals surface area (Å²) in [4.78, 5) is 5.38. The van der Waals surface area contributed by atoms with Gasteiger partial charge in [-0.15, -0.1) is 22.7 Å². The van der Waals surface area contributed by atoms with Gasteiger partial charge in [0.25, 0.3) is 6.71 Å². The van der Waals surface area contributed by atoms with Crippen LogP contribution in [0.15, 0.2) is 102 Å². The number of fused-ring (bicyclic) bond motifs is 7. The number of aryl methyl sites for hydroxylation is 4. The third kappa shape index (κ3) is 6.70. The standard InChI is InChI=1S/C59H63BN2S2/c1-33(2)38-28-48-53-49(29-38)62(55-36(5)26-42(27-37(55)6)59(13,14)15)56-52(44-30-40(57(7,8)9)21-23-51(44)64-56)60(53)46-31-41(58(10,11)12)20-22-47(46)61(48)54-34(3)24-39(25-35(54)4)45-32-63-50-19-17-16-18-43(45)50/h16-33H,1-15H3. The Hall–Kier alpha value is -5.10. The Kier molecular flexibility index (Phi) is 9.84. The quantitative estimate of drug-likeness (QED) is 0.163. The highest BCUT2D eigenvalue weighted by Crippen LogP contribution is 2.52. The first-order valence-electron chi connectivity index (χ1n) is 23.3. The van der Waals surface area contributed by atoms with Crippen molar-refractivity contribution in [3.63, 3.8) is 0 Å². The van der Waals surface area contributed by atoms with Gasteiger partial charge in [0.15, 0.2) is 0 Å². The van der Waals surface area contributed by atoms with Crippen molar-refractivity contribution in [2.75, 3.05) is 9.80 Å². The fourth-order valence-corrected chi connectivity index (χ4v) is 12.9. The van der Waals surface area contributed by atoms with Crippen molar-refractivity contribution in [3.05, 3.63) is 147 Å². The van der Waals surface area contributed by atoms with Crippen LogP contribution in [0.3, 0.4) is 0 Å². The monoisotopic (exact) mass is 874 g/mol. The molecule has 0 bridgehead atoms. The van der Waals surface area contributed by atoms with Gasteiger partial charge in [0.2, 0.25) is 0 Å². The molecule has 2 nitrogen and oxygen atoms in total. The van der Waals surface area contributed by atoms with E-state index in [9.17, 15) is 0 Å². The fourth-order valence-electron chi connectivity index (χ4n) is 10.7. The lowest BCUT2D eigenvalue weighted by molar-refractivity contribution is 0.589. The van der Waals surface area contributed by atoms with Gasteiger partial charge in [0.1, 0.15) is 0 Å². The van der Waals surface area contributed by atoms with Crippen LogP contribution in [0.2, 0.25) is 0 Å². The van der Waals surface area contributed by atoms with Gasteiger partial charge in [-0.1, -0.05) is 131 Å². The van der Waals surface area contributed by atoms with Crippen molar-refractivity contribution in [2.24, 2.45) is 0 Å². The molecule has 0 aliphatic carbocycles. The Morgan fingerprint density at radius 1 is 0.516 bits per heavy atom. The van der Waals surface area contributed by atoms with E-state index < -0.39 is 0 Å². The molecule has 0 fully saturated rings. The second-order valence-electron chi connectivity index (χ2n) is 22.3. The molecule has 0 spiro atoms. The molecule has 2 aliphatic heterocycles. The zero-order valence-corrected chi connectivity index (χ0v) is 42.3. The van der Waals surface area contributed by atoms with Crippen LogP contribution in [0.25, 0.3) is 31.3 Å². The smallest absolute Gasteiger partial charge is 0.254 e. The Morgan fingerprint density at radius 2 is 1.08 bits per heavy atom. The van der Waals surface area contributed by atoms with Crippen LogP contribution < -0.4 is 26.2 Å². The van der Waals surface area contributed by atoms with E-state index in [1.54, 1.807) is 0 Å². The maximum Gasteiger partial charge on any atom is 0.254 e. The van der Waals surface area contributed by atoms with E-state index in [1.165, 1.54) is 126 Å². The van der Waals surface area contributed by atoms with Gasteiger partial charge in [0.05, 0.1) is 16.4 Å². The normalized spacial score (nSPS) is 13.9. The van der Waals surface area contributed by atoms with Crippen LogP contribution in [0.4, 0.5) is 33.4 Å². The summed E-state index contributed by atoms with van der Waals surface area (Å²) in [6, 6.07) is 38.5. The van der Waals surface area contributed by atoms with E-state index in [0.717, 1.165) is 0 Å². The first-order chi connectivity index (χ1) is 30.1. The maximum atomic E-state index is 2.70. The summed E-state index contributed by atoms with van der Waals surface area (Å²) in [5.41, 5.74) is 24.0. The zero-order chi connectivity index (χ0) is 45.5. The minimum absolute atomic E-state index is 0.0137. The number of hydrogen-bond acceptors (Lipinski definition) is 4. The minimum atomic E-state index is -0.0239. The van der Waals surface area contributed by atoms with Crippen molar-refractivity contribution in [1.82, 2.24) is 0 Å². The lowest BCUT2D eigenvalue weighted by atomic mass is 9.33. The van der Waals surface area contributed by atoms with Gasteiger partial charge in [-0.05, 0) is 170 Å². The summed E-state index contributed by atoms with van der Waals surface area (Å²) in [6.07, 6.45) is 0. The number of thiophene rings is 2. The molecular formula is C59H63BN2S2. The summed E-state index contributed by atoms with van der Waals surface area (Å²) in [5, 5.41) is 6.40. The lowest BCUT2D eigenvalue weighted by Gasteiger charge is -2.45. The van der Waals surface area contributed by atoms with Crippen LogP contribution in [-0.2, 0) is 16.2 Å². The third-order valence-electron chi connectivity index (χ3n) is 14.2. The van der Waals surface area contributed by atoms with Crippen LogP contribution in [0.5, 0.6) is 0 Å². The van der Waals surface area contributed by atoms with Crippen molar-refractivity contribution >= 4 is 99.4 Å². The summed E-state index contributed by atoms with van der Waals surface area (Å²) < 4.78 is 2.68. The molecule has 64 heavy (non-hydrogen) atoms. The second-order valence-corrected chi connectivity index (χ2v) is 24.3. The van der Waals surface area contributed by atoms with Gasteiger partial charge in [-0.25, -0.2) is 0 Å². The molecule has 5 heteroatoms. The lowest BCUT2D eigenvalue weighted by Crippen LogP contribution is -2.61. The van der Waals surface area contributed by atoms with Crippen LogP contribution in [-0.4, -0.2) is 6.71 Å². The molecule has 0 saturated carbocycles. The predicted molar refractivity (Wildman–Crippen MR) is 286 cm³/mol. The molecule has 2 aliphatic rings. The summed E-state index contributed by atoms with van der Waals surface area (Å²) in [7, 11) is 0. The van der Waals surface area contributed by atoms with Crippen LogP contribution in [0, 0.1) is 27.7 Å². The molecule has 324 valence electrons. The third-order valence-corrected chi connectivity index (χ3v) is 16.3. The van der Waals surface area contributed by atoms with E-state index in [1.807, 2.05) is 22.7 Å². The highest BCUT2D eigenvalue weighted by atomic mass is 32.1. The first-order valence-corrected chi connectivity index (χ1v) is 25.0. The second kappa shape index (κ2) is 14.7. The number of benzene rings is 6. The summed E-state index contributed by atoms with van der Waals surface area (Å²) >= 11 is 3.81. The molecule has 0 atom stereocenters. The molecular weight excluding hydrogens is 812 g/mol. The molecule has 6 aromatic carbocycles. The van der Waals surface area contributed by atoms with E-state index in [4.69, 9.17) is 0 Å². The average Bonchev–Trinajstić information content (AvgIpc) is 3.82. The highest BCUT2D eigenvalue weighted by Gasteiger charge is 2.47. The maximum absolute atomic E-state index is 2.70. The van der Waals surface area contributed by atoms with Crippen LogP contribution >= 0.6 is 22.7 Å². The molecule has 2 aromatic heterocycles. The largest absolute Gasteiger partial charge is 0.311 e. The van der Waals surface area contributed by atoms with Crippen LogP contribution in [0.1, 0.15) is 127 Å². The van der Waals surface area contributed by atoms with Gasteiger partial charge in [0, 0.05) is 37.4 Å². The number of anilines is 6. The molecule has 8 aromatic rings. The summed E-state index contributed by atoms with van der Waals surface area (Å²) in [6.45, 7) is 35.3. The van der Waals surface area contributed by atoms with Gasteiger partial charge in [-0.3, -0.25) is 0 Å². The molecule has 4 heterocycles. The van der Waals surface area contributed by atoms with E-state index in [2.05, 4.69) is 216 Å². The molecule has 0 radical (unpaired) electrons. The Labute approximate surface area is 391 Å². The number of rotatable bonds is 4. The van der Waals surface area contributed by atoms with Gasteiger partial charge >= 0.3 is 0 Å². The molecule has 10 rings (SSSR count). The minimum Gasteiger partial charge on any atom is -0.311 e. The SMILES string of the molecule is Cc1cc(-c2csc3ccccc23)cc(C)c1N1c2ccc(C(C)(C)C)cc2B2c3c1cc(C(C)C)cc3N(c1c(C)cc(C(C)(C)C)cc1C)c1sc3ccc(C(C)(C)C)cc3c12. The Balaban J connectivity index is 1.33. The highest BCUT2D eigenvalue weighted by molar-refractivity contribution is 7.26. The number of nitrogens with zero attached hydrogens (tertiary/aromatic N) is 2. The molecule has 0 amide bonds. The van der Waals surface area contributed by atoms with Gasteiger partial charge in [-0.2, -0.15) is 0 Å². The zero-order valence-electron chi connectivity index (χ0n) is 40.7.